The lowest BCUT2D eigenvalue weighted by atomic mass is 10.1. The van der Waals surface area contributed by atoms with Crippen LogP contribution < -0.4 is 5.32 Å². The van der Waals surface area contributed by atoms with Gasteiger partial charge in [0.15, 0.2) is 0 Å². The van der Waals surface area contributed by atoms with Crippen LogP contribution in [0, 0.1) is 0 Å². The Kier molecular flexibility index (Phi) is 3.10. The zero-order chi connectivity index (χ0) is 13.5. The average molecular weight is 270 g/mol. The van der Waals surface area contributed by atoms with Gasteiger partial charge in [0.25, 0.3) is 0 Å². The molecule has 2 atom stereocenters. The first kappa shape index (κ1) is 12.9. The van der Waals surface area contributed by atoms with Crippen molar-refractivity contribution in [2.75, 3.05) is 7.11 Å². The molecule has 0 radical (unpaired) electrons. The molecule has 0 spiro atoms. The molecular formula is C11H14N2O4S. The summed E-state index contributed by atoms with van der Waals surface area (Å²) in [6, 6.07) is 0. The first-order valence-electron chi connectivity index (χ1n) is 5.46. The van der Waals surface area contributed by atoms with E-state index in [1.54, 1.807) is 6.92 Å². The fraction of sp³-hybridized carbons (Fsp3) is 0.545. The van der Waals surface area contributed by atoms with Crippen molar-refractivity contribution < 1.29 is 19.1 Å². The highest BCUT2D eigenvalue weighted by molar-refractivity contribution is 8.01. The third-order valence-electron chi connectivity index (χ3n) is 2.92. The molecule has 0 aliphatic carbocycles. The number of methoxy groups -OCH3 is 1. The topological polar surface area (TPSA) is 75.7 Å². The number of hydrogen-bond donors (Lipinski definition) is 1. The van der Waals surface area contributed by atoms with Gasteiger partial charge in [-0.1, -0.05) is 0 Å². The number of nitrogens with one attached hydrogen (secondary N) is 1. The zero-order valence-electron chi connectivity index (χ0n) is 10.4. The minimum atomic E-state index is -0.860. The minimum Gasteiger partial charge on any atom is -0.466 e. The molecule has 18 heavy (non-hydrogen) atoms. The Morgan fingerprint density at radius 2 is 2.28 bits per heavy atom. The highest BCUT2D eigenvalue weighted by Gasteiger charge is 2.49. The molecule has 0 aromatic rings. The van der Waals surface area contributed by atoms with E-state index in [2.05, 4.69) is 5.32 Å². The molecule has 6 nitrogen and oxygen atoms in total. The second-order valence-corrected chi connectivity index (χ2v) is 5.92. The number of nitrogens with zero attached hydrogens (tertiary/aromatic N) is 1. The summed E-state index contributed by atoms with van der Waals surface area (Å²) in [6.07, 6.45) is 1.90. The Labute approximate surface area is 109 Å². The second-order valence-electron chi connectivity index (χ2n) is 4.33. The number of amides is 2. The molecular weight excluding hydrogens is 256 g/mol. The molecule has 2 aliphatic heterocycles. The predicted octanol–water partition coefficient (Wildman–Crippen LogP) is 0.201. The Hall–Kier alpha value is -1.50. The Balaban J connectivity index is 2.35. The lowest BCUT2D eigenvalue weighted by molar-refractivity contribution is -0.138. The first-order chi connectivity index (χ1) is 8.37. The molecule has 2 heterocycles. The number of β-lactam (4-membered cyclic amide) rings is 1. The van der Waals surface area contributed by atoms with Crippen molar-refractivity contribution >= 4 is 29.5 Å². The molecule has 2 rings (SSSR count). The van der Waals surface area contributed by atoms with Crippen LogP contribution in [0.25, 0.3) is 0 Å². The SMILES string of the molecule is COC(=O)C1=CN2C(=O)C[C@H]2SC1(C)NC(C)=O. The molecule has 0 aromatic heterocycles. The molecule has 1 N–H and O–H groups in total. The van der Waals surface area contributed by atoms with Gasteiger partial charge in [0.1, 0.15) is 4.87 Å². The van der Waals surface area contributed by atoms with Gasteiger partial charge in [0, 0.05) is 13.1 Å². The quantitative estimate of drug-likeness (QED) is 0.573. The fourth-order valence-electron chi connectivity index (χ4n) is 2.04. The first-order valence-corrected chi connectivity index (χ1v) is 6.33. The van der Waals surface area contributed by atoms with Gasteiger partial charge >= 0.3 is 5.97 Å². The molecule has 7 heteroatoms. The smallest absolute Gasteiger partial charge is 0.338 e. The van der Waals surface area contributed by atoms with E-state index >= 15 is 0 Å². The molecule has 0 bridgehead atoms. The van der Waals surface area contributed by atoms with E-state index in [1.165, 1.54) is 36.9 Å². The van der Waals surface area contributed by atoms with Crippen molar-refractivity contribution in [2.45, 2.75) is 30.5 Å². The van der Waals surface area contributed by atoms with Crippen molar-refractivity contribution in [1.82, 2.24) is 10.2 Å². The van der Waals surface area contributed by atoms with E-state index in [9.17, 15) is 14.4 Å². The summed E-state index contributed by atoms with van der Waals surface area (Å²) in [5.74, 6) is -0.811. The van der Waals surface area contributed by atoms with E-state index in [1.807, 2.05) is 0 Å². The van der Waals surface area contributed by atoms with Crippen molar-refractivity contribution in [1.29, 1.82) is 0 Å². The van der Waals surface area contributed by atoms with E-state index in [0.29, 0.717) is 6.42 Å². The molecule has 0 aromatic carbocycles. The molecule has 98 valence electrons. The van der Waals surface area contributed by atoms with E-state index in [4.69, 9.17) is 4.74 Å². The van der Waals surface area contributed by atoms with Crippen LogP contribution in [0.1, 0.15) is 20.3 Å². The van der Waals surface area contributed by atoms with Gasteiger partial charge in [0.05, 0.1) is 24.5 Å². The fourth-order valence-corrected chi connectivity index (χ4v) is 3.57. The normalized spacial score (nSPS) is 29.9. The van der Waals surface area contributed by atoms with E-state index in [-0.39, 0.29) is 22.8 Å². The number of fused-ring (bicyclic) bond motifs is 1. The average Bonchev–Trinajstić information content (AvgIpc) is 2.26. The van der Waals surface area contributed by atoms with Gasteiger partial charge in [-0.25, -0.2) is 4.79 Å². The molecule has 2 aliphatic rings. The third kappa shape index (κ3) is 1.98. The number of carbonyl (C=O) groups excluding carboxylic acids is 3. The minimum absolute atomic E-state index is 0.0252. The maximum Gasteiger partial charge on any atom is 0.338 e. The molecule has 0 saturated carbocycles. The van der Waals surface area contributed by atoms with Gasteiger partial charge in [-0.3, -0.25) is 9.59 Å². The number of carbonyl (C=O) groups is 3. The van der Waals surface area contributed by atoms with Crippen LogP contribution in [0.2, 0.25) is 0 Å². The second kappa shape index (κ2) is 4.31. The lowest BCUT2D eigenvalue weighted by Gasteiger charge is -2.47. The monoisotopic (exact) mass is 270 g/mol. The van der Waals surface area contributed by atoms with Crippen LogP contribution in [0.15, 0.2) is 11.8 Å². The summed E-state index contributed by atoms with van der Waals surface area (Å²) in [5.41, 5.74) is 0.273. The van der Waals surface area contributed by atoms with Gasteiger partial charge in [-0.2, -0.15) is 0 Å². The Morgan fingerprint density at radius 3 is 2.78 bits per heavy atom. The van der Waals surface area contributed by atoms with Crippen LogP contribution in [-0.2, 0) is 19.1 Å². The van der Waals surface area contributed by atoms with Gasteiger partial charge in [0.2, 0.25) is 11.8 Å². The number of esters is 1. The third-order valence-corrected chi connectivity index (χ3v) is 4.38. The zero-order valence-corrected chi connectivity index (χ0v) is 11.2. The van der Waals surface area contributed by atoms with E-state index in [0.717, 1.165) is 0 Å². The summed E-state index contributed by atoms with van der Waals surface area (Å²) >= 11 is 1.37. The molecule has 1 saturated heterocycles. The van der Waals surface area contributed by atoms with Crippen molar-refractivity contribution in [2.24, 2.45) is 0 Å². The predicted molar refractivity (Wildman–Crippen MR) is 65.2 cm³/mol. The van der Waals surface area contributed by atoms with E-state index < -0.39 is 10.8 Å². The van der Waals surface area contributed by atoms with Crippen molar-refractivity contribution in [3.63, 3.8) is 0 Å². The molecule has 2 amide bonds. The number of ether oxygens (including phenoxy) is 1. The van der Waals surface area contributed by atoms with Gasteiger partial charge in [-0.05, 0) is 6.92 Å². The van der Waals surface area contributed by atoms with Crippen LogP contribution in [-0.4, -0.2) is 40.0 Å². The maximum atomic E-state index is 11.8. The van der Waals surface area contributed by atoms with Crippen molar-refractivity contribution in [3.05, 3.63) is 11.8 Å². The highest BCUT2D eigenvalue weighted by Crippen LogP contribution is 2.45. The summed E-state index contributed by atoms with van der Waals surface area (Å²) in [5, 5.41) is 2.71. The van der Waals surface area contributed by atoms with Gasteiger partial charge < -0.3 is 15.0 Å². The summed E-state index contributed by atoms with van der Waals surface area (Å²) in [7, 11) is 1.27. The number of rotatable bonds is 2. The molecule has 1 unspecified atom stereocenters. The number of thioether (sulfide) groups is 1. The van der Waals surface area contributed by atoms with Crippen LogP contribution in [0.3, 0.4) is 0 Å². The summed E-state index contributed by atoms with van der Waals surface area (Å²) < 4.78 is 4.70. The van der Waals surface area contributed by atoms with Crippen LogP contribution in [0.4, 0.5) is 0 Å². The summed E-state index contributed by atoms with van der Waals surface area (Å²) in [4.78, 5) is 35.0. The lowest BCUT2D eigenvalue weighted by Crippen LogP contribution is -2.58. The number of hydrogen-bond acceptors (Lipinski definition) is 5. The van der Waals surface area contributed by atoms with Crippen molar-refractivity contribution in [3.8, 4) is 0 Å². The van der Waals surface area contributed by atoms with Crippen LogP contribution in [0.5, 0.6) is 0 Å². The largest absolute Gasteiger partial charge is 0.466 e. The maximum absolute atomic E-state index is 11.8. The Morgan fingerprint density at radius 1 is 1.61 bits per heavy atom. The summed E-state index contributed by atoms with van der Waals surface area (Å²) in [6.45, 7) is 3.13. The van der Waals surface area contributed by atoms with Crippen LogP contribution >= 0.6 is 11.8 Å². The van der Waals surface area contributed by atoms with Gasteiger partial charge in [-0.15, -0.1) is 11.8 Å². The molecule has 1 fully saturated rings. The standard InChI is InChI=1S/C11H14N2O4S/c1-6(14)12-11(2)7(10(16)17-3)5-13-8(15)4-9(13)18-11/h5,9H,4H2,1-3H3,(H,12,14)/t9-,11?/m1/s1. The Bertz CT molecular complexity index is 462. The highest BCUT2D eigenvalue weighted by atomic mass is 32.2.